The fourth-order valence-corrected chi connectivity index (χ4v) is 2.46. The number of sulfonamides is 1. The maximum atomic E-state index is 11.9. The van der Waals surface area contributed by atoms with E-state index in [1.807, 2.05) is 30.3 Å². The predicted molar refractivity (Wildman–Crippen MR) is 78.3 cm³/mol. The molecule has 1 amide bonds. The first-order valence-corrected chi connectivity index (χ1v) is 7.60. The van der Waals surface area contributed by atoms with Gasteiger partial charge >= 0.3 is 0 Å². The van der Waals surface area contributed by atoms with E-state index in [2.05, 4.69) is 5.32 Å². The highest BCUT2D eigenvalue weighted by molar-refractivity contribution is 7.89. The SMILES string of the molecule is NS(=O)(=O)c1cc(NC(=O)Cc2ccccc2)ccc1O. The van der Waals surface area contributed by atoms with Crippen molar-refractivity contribution < 1.29 is 18.3 Å². The Morgan fingerprint density at radius 2 is 1.81 bits per heavy atom. The summed E-state index contributed by atoms with van der Waals surface area (Å²) >= 11 is 0. The number of carbonyl (C=O) groups is 1. The molecule has 0 atom stereocenters. The number of phenolic OH excluding ortho intramolecular Hbond substituents is 1. The van der Waals surface area contributed by atoms with Crippen LogP contribution in [0.5, 0.6) is 5.75 Å². The summed E-state index contributed by atoms with van der Waals surface area (Å²) in [6.07, 6.45) is 0.159. The molecule has 0 aliphatic rings. The van der Waals surface area contributed by atoms with Crippen LogP contribution in [0.2, 0.25) is 0 Å². The minimum absolute atomic E-state index is 0.159. The summed E-state index contributed by atoms with van der Waals surface area (Å²) in [6, 6.07) is 12.8. The number of primary sulfonamides is 1. The van der Waals surface area contributed by atoms with E-state index in [-0.39, 0.29) is 18.0 Å². The van der Waals surface area contributed by atoms with Crippen molar-refractivity contribution in [3.63, 3.8) is 0 Å². The standard InChI is InChI=1S/C14H14N2O4S/c15-21(19,20)13-9-11(6-7-12(13)17)16-14(18)8-10-4-2-1-3-5-10/h1-7,9,17H,8H2,(H,16,18)(H2,15,19,20). The molecule has 0 unspecified atom stereocenters. The van der Waals surface area contributed by atoms with Crippen molar-refractivity contribution in [2.24, 2.45) is 5.14 Å². The summed E-state index contributed by atoms with van der Waals surface area (Å²) in [6.45, 7) is 0. The highest BCUT2D eigenvalue weighted by atomic mass is 32.2. The normalized spacial score (nSPS) is 11.1. The van der Waals surface area contributed by atoms with Crippen LogP contribution >= 0.6 is 0 Å². The molecule has 7 heteroatoms. The molecule has 21 heavy (non-hydrogen) atoms. The minimum Gasteiger partial charge on any atom is -0.507 e. The molecule has 6 nitrogen and oxygen atoms in total. The number of carbonyl (C=O) groups excluding carboxylic acids is 1. The number of hydrogen-bond donors (Lipinski definition) is 3. The molecule has 0 saturated heterocycles. The molecule has 0 saturated carbocycles. The highest BCUT2D eigenvalue weighted by Crippen LogP contribution is 2.25. The topological polar surface area (TPSA) is 109 Å². The molecule has 0 bridgehead atoms. The second-order valence-electron chi connectivity index (χ2n) is 4.44. The van der Waals surface area contributed by atoms with Gasteiger partial charge in [0.05, 0.1) is 6.42 Å². The number of aromatic hydroxyl groups is 1. The van der Waals surface area contributed by atoms with Crippen LogP contribution in [-0.4, -0.2) is 19.4 Å². The zero-order chi connectivity index (χ0) is 15.5. The van der Waals surface area contributed by atoms with Crippen LogP contribution in [0.25, 0.3) is 0 Å². The zero-order valence-electron chi connectivity index (χ0n) is 11.0. The van der Waals surface area contributed by atoms with Gasteiger partial charge in [0.15, 0.2) is 0 Å². The Morgan fingerprint density at radius 1 is 1.14 bits per heavy atom. The molecule has 0 aliphatic carbocycles. The van der Waals surface area contributed by atoms with Gasteiger partial charge in [-0.05, 0) is 23.8 Å². The Bertz CT molecular complexity index is 758. The molecular formula is C14H14N2O4S. The summed E-state index contributed by atoms with van der Waals surface area (Å²) in [4.78, 5) is 11.4. The highest BCUT2D eigenvalue weighted by Gasteiger charge is 2.15. The largest absolute Gasteiger partial charge is 0.507 e. The third-order valence-electron chi connectivity index (χ3n) is 2.76. The van der Waals surface area contributed by atoms with Gasteiger partial charge < -0.3 is 10.4 Å². The lowest BCUT2D eigenvalue weighted by Gasteiger charge is -2.08. The first-order valence-electron chi connectivity index (χ1n) is 6.06. The summed E-state index contributed by atoms with van der Waals surface area (Å²) in [5, 5.41) is 17.0. The van der Waals surface area contributed by atoms with Gasteiger partial charge in [-0.15, -0.1) is 0 Å². The number of amides is 1. The molecule has 2 aromatic rings. The maximum Gasteiger partial charge on any atom is 0.241 e. The molecule has 2 aromatic carbocycles. The van der Waals surface area contributed by atoms with Crippen molar-refractivity contribution in [1.82, 2.24) is 0 Å². The van der Waals surface area contributed by atoms with Crippen molar-refractivity contribution in [1.29, 1.82) is 0 Å². The predicted octanol–water partition coefficient (Wildman–Crippen LogP) is 1.22. The third kappa shape index (κ3) is 4.04. The summed E-state index contributed by atoms with van der Waals surface area (Å²) in [5.74, 6) is -0.759. The van der Waals surface area contributed by atoms with Crippen molar-refractivity contribution in [3.05, 3.63) is 54.1 Å². The van der Waals surface area contributed by atoms with E-state index >= 15 is 0 Å². The lowest BCUT2D eigenvalue weighted by Crippen LogP contribution is -2.16. The van der Waals surface area contributed by atoms with Crippen molar-refractivity contribution in [3.8, 4) is 5.75 Å². The molecule has 110 valence electrons. The number of benzene rings is 2. The van der Waals surface area contributed by atoms with Crippen molar-refractivity contribution in [2.45, 2.75) is 11.3 Å². The van der Waals surface area contributed by atoms with E-state index in [1.165, 1.54) is 6.07 Å². The van der Waals surface area contributed by atoms with Gasteiger partial charge in [0.25, 0.3) is 0 Å². The van der Waals surface area contributed by atoms with Gasteiger partial charge in [-0.25, -0.2) is 13.6 Å². The number of phenols is 1. The van der Waals surface area contributed by atoms with Gasteiger partial charge in [0.2, 0.25) is 15.9 Å². The fourth-order valence-electron chi connectivity index (χ4n) is 1.81. The van der Waals surface area contributed by atoms with Crippen molar-refractivity contribution in [2.75, 3.05) is 5.32 Å². The van der Waals surface area contributed by atoms with E-state index in [0.29, 0.717) is 0 Å². The van der Waals surface area contributed by atoms with E-state index in [9.17, 15) is 18.3 Å². The molecule has 0 spiro atoms. The van der Waals surface area contributed by atoms with Gasteiger partial charge in [-0.3, -0.25) is 4.79 Å². The molecule has 0 aliphatic heterocycles. The minimum atomic E-state index is -4.05. The van der Waals surface area contributed by atoms with Crippen LogP contribution in [0.3, 0.4) is 0 Å². The van der Waals surface area contributed by atoms with Crippen LogP contribution < -0.4 is 10.5 Å². The van der Waals surface area contributed by atoms with Crippen LogP contribution in [0.4, 0.5) is 5.69 Å². The maximum absolute atomic E-state index is 11.9. The van der Waals surface area contributed by atoms with Gasteiger partial charge in [0.1, 0.15) is 10.6 Å². The van der Waals surface area contributed by atoms with E-state index in [1.54, 1.807) is 0 Å². The van der Waals surface area contributed by atoms with E-state index in [4.69, 9.17) is 5.14 Å². The number of hydrogen-bond acceptors (Lipinski definition) is 4. The number of nitrogens with one attached hydrogen (secondary N) is 1. The molecule has 0 radical (unpaired) electrons. The van der Waals surface area contributed by atoms with Gasteiger partial charge in [0, 0.05) is 5.69 Å². The average molecular weight is 306 g/mol. The average Bonchev–Trinajstić information content (AvgIpc) is 2.41. The molecule has 0 aromatic heterocycles. The van der Waals surface area contributed by atoms with Crippen LogP contribution in [0.15, 0.2) is 53.4 Å². The Hall–Kier alpha value is -2.38. The quantitative estimate of drug-likeness (QED) is 0.738. The van der Waals surface area contributed by atoms with Gasteiger partial charge in [-0.1, -0.05) is 30.3 Å². The Labute approximate surface area is 122 Å². The molecule has 2 rings (SSSR count). The second-order valence-corrected chi connectivity index (χ2v) is 5.97. The number of rotatable bonds is 4. The fraction of sp³-hybridized carbons (Fsp3) is 0.0714. The van der Waals surface area contributed by atoms with Crippen LogP contribution in [-0.2, 0) is 21.2 Å². The van der Waals surface area contributed by atoms with Gasteiger partial charge in [-0.2, -0.15) is 0 Å². The van der Waals surface area contributed by atoms with Crippen LogP contribution in [0, 0.1) is 0 Å². The zero-order valence-corrected chi connectivity index (χ0v) is 11.8. The van der Waals surface area contributed by atoms with Crippen molar-refractivity contribution >= 4 is 21.6 Å². The monoisotopic (exact) mass is 306 g/mol. The first-order chi connectivity index (χ1) is 9.86. The lowest BCUT2D eigenvalue weighted by atomic mass is 10.1. The molecular weight excluding hydrogens is 292 g/mol. The van der Waals surface area contributed by atoms with E-state index in [0.717, 1.165) is 17.7 Å². The second kappa shape index (κ2) is 5.94. The number of nitrogens with two attached hydrogens (primary N) is 1. The Morgan fingerprint density at radius 3 is 2.43 bits per heavy atom. The smallest absolute Gasteiger partial charge is 0.241 e. The third-order valence-corrected chi connectivity index (χ3v) is 3.70. The first kappa shape index (κ1) is 15.0. The Balaban J connectivity index is 2.15. The lowest BCUT2D eigenvalue weighted by molar-refractivity contribution is -0.115. The summed E-state index contributed by atoms with van der Waals surface area (Å²) in [7, 11) is -4.05. The molecule has 0 heterocycles. The molecule has 4 N–H and O–H groups in total. The van der Waals surface area contributed by atoms with Crippen LogP contribution in [0.1, 0.15) is 5.56 Å². The molecule has 0 fully saturated rings. The summed E-state index contributed by atoms with van der Waals surface area (Å²) in [5.41, 5.74) is 1.08. The summed E-state index contributed by atoms with van der Waals surface area (Å²) < 4.78 is 22.6. The van der Waals surface area contributed by atoms with E-state index < -0.39 is 20.7 Å². The Kier molecular flexibility index (Phi) is 4.25. The number of anilines is 1.